The topological polar surface area (TPSA) is 38.3 Å². The molecule has 0 amide bonds. The first-order chi connectivity index (χ1) is 8.59. The second-order valence-electron chi connectivity index (χ2n) is 4.38. The van der Waals surface area contributed by atoms with E-state index in [1.54, 1.807) is 0 Å². The first-order valence-corrected chi connectivity index (χ1v) is 6.20. The summed E-state index contributed by atoms with van der Waals surface area (Å²) in [4.78, 5) is 11.7. The molecule has 0 saturated carbocycles. The van der Waals surface area contributed by atoms with Crippen LogP contribution in [0.3, 0.4) is 0 Å². The van der Waals surface area contributed by atoms with Crippen LogP contribution in [0, 0.1) is 5.82 Å². The Morgan fingerprint density at radius 1 is 1.33 bits per heavy atom. The fourth-order valence-corrected chi connectivity index (χ4v) is 1.46. The number of benzene rings is 1. The molecule has 0 heterocycles. The Balaban J connectivity index is 2.16. The van der Waals surface area contributed by atoms with Crippen LogP contribution in [0.4, 0.5) is 4.39 Å². The van der Waals surface area contributed by atoms with Crippen molar-refractivity contribution in [2.75, 3.05) is 19.7 Å². The third kappa shape index (κ3) is 5.89. The van der Waals surface area contributed by atoms with Crippen LogP contribution in [0.15, 0.2) is 24.3 Å². The summed E-state index contributed by atoms with van der Waals surface area (Å²) in [5.74, 6) is -0.356. The molecule has 0 saturated heterocycles. The van der Waals surface area contributed by atoms with E-state index in [4.69, 9.17) is 4.74 Å². The third-order valence-corrected chi connectivity index (χ3v) is 2.40. The van der Waals surface area contributed by atoms with Crippen molar-refractivity contribution in [2.24, 2.45) is 0 Å². The highest BCUT2D eigenvalue weighted by Gasteiger charge is 2.04. The molecule has 0 fully saturated rings. The molecule has 1 N–H and O–H groups in total. The van der Waals surface area contributed by atoms with E-state index in [0.29, 0.717) is 12.2 Å². The molecular weight excluding hydrogens is 233 g/mol. The molecular formula is C14H20FNO2. The zero-order valence-corrected chi connectivity index (χ0v) is 10.9. The van der Waals surface area contributed by atoms with Crippen LogP contribution in [-0.2, 0) is 4.74 Å². The lowest BCUT2D eigenvalue weighted by molar-refractivity contribution is 0.0767. The van der Waals surface area contributed by atoms with E-state index in [-0.39, 0.29) is 24.2 Å². The number of nitrogens with one attached hydrogen (secondary N) is 1. The van der Waals surface area contributed by atoms with Gasteiger partial charge in [0.1, 0.15) is 5.82 Å². The highest BCUT2D eigenvalue weighted by molar-refractivity contribution is 5.97. The van der Waals surface area contributed by atoms with Gasteiger partial charge in [0.05, 0.1) is 12.6 Å². The maximum absolute atomic E-state index is 12.7. The molecule has 0 radical (unpaired) electrons. The molecule has 0 aliphatic carbocycles. The van der Waals surface area contributed by atoms with E-state index in [0.717, 1.165) is 13.0 Å². The van der Waals surface area contributed by atoms with Gasteiger partial charge in [0.2, 0.25) is 0 Å². The number of hydrogen-bond donors (Lipinski definition) is 1. The smallest absolute Gasteiger partial charge is 0.176 e. The van der Waals surface area contributed by atoms with Gasteiger partial charge >= 0.3 is 0 Å². The molecule has 0 unspecified atom stereocenters. The highest BCUT2D eigenvalue weighted by atomic mass is 19.1. The minimum atomic E-state index is -0.328. The minimum Gasteiger partial charge on any atom is -0.379 e. The van der Waals surface area contributed by atoms with Gasteiger partial charge in [0.15, 0.2) is 5.78 Å². The number of ketones is 1. The molecule has 18 heavy (non-hydrogen) atoms. The van der Waals surface area contributed by atoms with Gasteiger partial charge in [-0.15, -0.1) is 0 Å². The van der Waals surface area contributed by atoms with Gasteiger partial charge in [-0.1, -0.05) is 0 Å². The number of carbonyl (C=O) groups is 1. The van der Waals surface area contributed by atoms with Crippen molar-refractivity contribution in [3.05, 3.63) is 35.6 Å². The summed E-state index contributed by atoms with van der Waals surface area (Å²) in [5.41, 5.74) is 0.530. The quantitative estimate of drug-likeness (QED) is 0.571. The molecule has 0 bridgehead atoms. The van der Waals surface area contributed by atoms with Crippen molar-refractivity contribution in [1.82, 2.24) is 5.32 Å². The normalized spacial score (nSPS) is 10.9. The predicted molar refractivity (Wildman–Crippen MR) is 69.3 cm³/mol. The third-order valence-electron chi connectivity index (χ3n) is 2.40. The van der Waals surface area contributed by atoms with Crippen molar-refractivity contribution in [3.63, 3.8) is 0 Å². The van der Waals surface area contributed by atoms with E-state index in [9.17, 15) is 9.18 Å². The van der Waals surface area contributed by atoms with Crippen molar-refractivity contribution in [2.45, 2.75) is 26.4 Å². The molecule has 1 aromatic rings. The van der Waals surface area contributed by atoms with Crippen LogP contribution < -0.4 is 5.32 Å². The van der Waals surface area contributed by atoms with Crippen molar-refractivity contribution in [3.8, 4) is 0 Å². The van der Waals surface area contributed by atoms with Crippen molar-refractivity contribution in [1.29, 1.82) is 0 Å². The SMILES string of the molecule is CC(C)OCCCNCC(=O)c1ccc(F)cc1. The van der Waals surface area contributed by atoms with Gasteiger partial charge in [-0.2, -0.15) is 0 Å². The highest BCUT2D eigenvalue weighted by Crippen LogP contribution is 2.03. The molecule has 0 aliphatic heterocycles. The number of hydrogen-bond acceptors (Lipinski definition) is 3. The summed E-state index contributed by atoms with van der Waals surface area (Å²) in [6.07, 6.45) is 1.11. The average Bonchev–Trinajstić information content (AvgIpc) is 2.34. The van der Waals surface area contributed by atoms with Crippen LogP contribution in [0.5, 0.6) is 0 Å². The summed E-state index contributed by atoms with van der Waals surface area (Å²) in [7, 11) is 0. The minimum absolute atomic E-state index is 0.0280. The maximum atomic E-state index is 12.7. The predicted octanol–water partition coefficient (Wildman–Crippen LogP) is 2.41. The van der Waals surface area contributed by atoms with Crippen molar-refractivity contribution < 1.29 is 13.9 Å². The standard InChI is InChI=1S/C14H20FNO2/c1-11(2)18-9-3-8-16-10-14(17)12-4-6-13(15)7-5-12/h4-7,11,16H,3,8-10H2,1-2H3. The van der Waals surface area contributed by atoms with E-state index < -0.39 is 0 Å². The largest absolute Gasteiger partial charge is 0.379 e. The van der Waals surface area contributed by atoms with E-state index in [1.165, 1.54) is 24.3 Å². The molecule has 1 rings (SSSR count). The summed E-state index contributed by atoms with van der Waals surface area (Å²) in [6.45, 7) is 5.68. The van der Waals surface area contributed by atoms with Gasteiger partial charge in [0.25, 0.3) is 0 Å². The molecule has 0 atom stereocenters. The second-order valence-corrected chi connectivity index (χ2v) is 4.38. The zero-order chi connectivity index (χ0) is 13.4. The van der Waals surface area contributed by atoms with Gasteiger partial charge in [-0.3, -0.25) is 4.79 Å². The van der Waals surface area contributed by atoms with Gasteiger partial charge in [-0.25, -0.2) is 4.39 Å². The summed E-state index contributed by atoms with van der Waals surface area (Å²) in [5, 5.41) is 3.05. The number of rotatable bonds is 8. The Bertz CT molecular complexity index is 363. The number of Topliss-reactive ketones (excluding diaryl/α,β-unsaturated/α-hetero) is 1. The fraction of sp³-hybridized carbons (Fsp3) is 0.500. The first-order valence-electron chi connectivity index (χ1n) is 6.20. The Morgan fingerprint density at radius 2 is 2.00 bits per heavy atom. The van der Waals surface area contributed by atoms with Gasteiger partial charge in [0, 0.05) is 12.2 Å². The number of halogens is 1. The van der Waals surface area contributed by atoms with Gasteiger partial charge in [-0.05, 0) is 51.1 Å². The van der Waals surface area contributed by atoms with Crippen LogP contribution in [0.2, 0.25) is 0 Å². The van der Waals surface area contributed by atoms with Crippen LogP contribution in [-0.4, -0.2) is 31.6 Å². The summed E-state index contributed by atoms with van der Waals surface area (Å²) >= 11 is 0. The Labute approximate surface area is 107 Å². The molecule has 4 heteroatoms. The first kappa shape index (κ1) is 14.8. The lowest BCUT2D eigenvalue weighted by Crippen LogP contribution is -2.25. The van der Waals surface area contributed by atoms with E-state index in [1.807, 2.05) is 13.8 Å². The average molecular weight is 253 g/mol. The molecule has 1 aromatic carbocycles. The number of carbonyl (C=O) groups excluding carboxylic acids is 1. The zero-order valence-electron chi connectivity index (χ0n) is 10.9. The van der Waals surface area contributed by atoms with E-state index in [2.05, 4.69) is 5.32 Å². The monoisotopic (exact) mass is 253 g/mol. The molecule has 0 aromatic heterocycles. The maximum Gasteiger partial charge on any atom is 0.176 e. The lowest BCUT2D eigenvalue weighted by Gasteiger charge is -2.07. The lowest BCUT2D eigenvalue weighted by atomic mass is 10.1. The second kappa shape index (κ2) is 7.95. The van der Waals surface area contributed by atoms with Crippen LogP contribution >= 0.6 is 0 Å². The summed E-state index contributed by atoms with van der Waals surface area (Å²) in [6, 6.07) is 5.59. The van der Waals surface area contributed by atoms with Crippen molar-refractivity contribution >= 4 is 5.78 Å². The Morgan fingerprint density at radius 3 is 2.61 bits per heavy atom. The Hall–Kier alpha value is -1.26. The molecule has 0 spiro atoms. The Kier molecular flexibility index (Phi) is 6.54. The molecule has 0 aliphatic rings. The van der Waals surface area contributed by atoms with E-state index >= 15 is 0 Å². The number of ether oxygens (including phenoxy) is 1. The fourth-order valence-electron chi connectivity index (χ4n) is 1.46. The van der Waals surface area contributed by atoms with Crippen LogP contribution in [0.25, 0.3) is 0 Å². The molecule has 100 valence electrons. The molecule has 3 nitrogen and oxygen atoms in total. The van der Waals surface area contributed by atoms with Crippen LogP contribution in [0.1, 0.15) is 30.6 Å². The van der Waals surface area contributed by atoms with Gasteiger partial charge < -0.3 is 10.1 Å². The summed E-state index contributed by atoms with van der Waals surface area (Å²) < 4.78 is 18.0.